The molecule has 2 rings (SSSR count). The van der Waals surface area contributed by atoms with Crippen molar-refractivity contribution < 1.29 is 23.9 Å². The van der Waals surface area contributed by atoms with E-state index in [0.29, 0.717) is 0 Å². The Labute approximate surface area is 163 Å². The first-order chi connectivity index (χ1) is 13.4. The number of rotatable bonds is 9. The first-order valence-electron chi connectivity index (χ1n) is 8.96. The van der Waals surface area contributed by atoms with Crippen molar-refractivity contribution in [1.29, 1.82) is 0 Å². The second-order valence-corrected chi connectivity index (χ2v) is 6.19. The lowest BCUT2D eigenvalue weighted by Crippen LogP contribution is -2.32. The van der Waals surface area contributed by atoms with Gasteiger partial charge in [0.1, 0.15) is 5.75 Å². The molecule has 0 saturated carbocycles. The minimum absolute atomic E-state index is 0.163. The molecule has 148 valence electrons. The van der Waals surface area contributed by atoms with E-state index in [4.69, 9.17) is 15.2 Å². The van der Waals surface area contributed by atoms with Crippen LogP contribution in [0.3, 0.4) is 0 Å². The highest BCUT2D eigenvalue weighted by Crippen LogP contribution is 2.17. The zero-order chi connectivity index (χ0) is 20.5. The van der Waals surface area contributed by atoms with Crippen molar-refractivity contribution in [1.82, 2.24) is 5.32 Å². The number of esters is 1. The molecule has 28 heavy (non-hydrogen) atoms. The van der Waals surface area contributed by atoms with Gasteiger partial charge in [-0.2, -0.15) is 0 Å². The number of primary amides is 1. The molecule has 0 saturated heterocycles. The minimum atomic E-state index is -0.727. The van der Waals surface area contributed by atoms with Crippen LogP contribution in [-0.4, -0.2) is 31.0 Å². The minimum Gasteiger partial charge on any atom is -0.481 e. The van der Waals surface area contributed by atoms with Gasteiger partial charge < -0.3 is 20.5 Å². The maximum absolute atomic E-state index is 12.0. The normalized spacial score (nSPS) is 11.4. The van der Waals surface area contributed by atoms with E-state index in [1.807, 2.05) is 31.2 Å². The summed E-state index contributed by atoms with van der Waals surface area (Å²) in [4.78, 5) is 35.1. The number of nitrogens with two attached hydrogens (primary N) is 1. The van der Waals surface area contributed by atoms with Crippen molar-refractivity contribution in [3.05, 3.63) is 65.2 Å². The van der Waals surface area contributed by atoms with Crippen LogP contribution in [0.2, 0.25) is 0 Å². The van der Waals surface area contributed by atoms with Crippen LogP contribution in [-0.2, 0) is 20.7 Å². The van der Waals surface area contributed by atoms with Gasteiger partial charge in [-0.25, -0.2) is 4.79 Å². The molecule has 0 aromatic heterocycles. The van der Waals surface area contributed by atoms with Crippen LogP contribution in [0.15, 0.2) is 48.5 Å². The Morgan fingerprint density at radius 1 is 1.04 bits per heavy atom. The smallest absolute Gasteiger partial charge is 0.344 e. The number of para-hydroxylation sites is 1. The largest absolute Gasteiger partial charge is 0.481 e. The summed E-state index contributed by atoms with van der Waals surface area (Å²) in [5.74, 6) is -1.63. The number of benzene rings is 2. The van der Waals surface area contributed by atoms with Crippen LogP contribution in [0.1, 0.15) is 41.4 Å². The molecule has 1 atom stereocenters. The van der Waals surface area contributed by atoms with E-state index in [2.05, 4.69) is 12.2 Å². The predicted molar refractivity (Wildman–Crippen MR) is 104 cm³/mol. The highest BCUT2D eigenvalue weighted by Gasteiger charge is 2.14. The fourth-order valence-electron chi connectivity index (χ4n) is 2.53. The summed E-state index contributed by atoms with van der Waals surface area (Å²) in [6.07, 6.45) is 0.947. The van der Waals surface area contributed by atoms with Gasteiger partial charge in [0.2, 0.25) is 0 Å². The van der Waals surface area contributed by atoms with E-state index < -0.39 is 31.0 Å². The molecule has 0 unspecified atom stereocenters. The molecular weight excluding hydrogens is 360 g/mol. The second-order valence-electron chi connectivity index (χ2n) is 6.19. The Bertz CT molecular complexity index is 833. The first kappa shape index (κ1) is 21.0. The Kier molecular flexibility index (Phi) is 7.56. The number of carbonyl (C=O) groups is 3. The molecule has 0 radical (unpaired) electrons. The zero-order valence-electron chi connectivity index (χ0n) is 15.9. The van der Waals surface area contributed by atoms with Crippen molar-refractivity contribution in [2.75, 3.05) is 13.2 Å². The summed E-state index contributed by atoms with van der Waals surface area (Å²) in [7, 11) is 0. The molecule has 0 fully saturated rings. The van der Waals surface area contributed by atoms with Crippen molar-refractivity contribution in [3.8, 4) is 5.75 Å². The van der Waals surface area contributed by atoms with Crippen molar-refractivity contribution in [2.24, 2.45) is 5.73 Å². The predicted octanol–water partition coefficient (Wildman–Crippen LogP) is 2.15. The van der Waals surface area contributed by atoms with E-state index in [1.165, 1.54) is 17.7 Å². The standard InChI is InChI=1S/C21H24N2O5/c1-3-15-8-10-16(11-9-15)14(2)23-19(24)12-28-20(25)13-27-18-7-5-4-6-17(18)21(22)26/h4-11,14H,3,12-13H2,1-2H3,(H2,22,26)(H,23,24)/t14-/m1/s1. The number of nitrogens with one attached hydrogen (secondary N) is 1. The molecule has 7 heteroatoms. The summed E-state index contributed by atoms with van der Waals surface area (Å²) < 4.78 is 10.2. The highest BCUT2D eigenvalue weighted by molar-refractivity contribution is 5.95. The van der Waals surface area contributed by atoms with E-state index in [1.54, 1.807) is 12.1 Å². The topological polar surface area (TPSA) is 108 Å². The summed E-state index contributed by atoms with van der Waals surface area (Å²) in [6, 6.07) is 14.0. The molecule has 2 amide bonds. The molecule has 0 aliphatic rings. The molecule has 0 heterocycles. The Hall–Kier alpha value is -3.35. The van der Waals surface area contributed by atoms with Crippen LogP contribution < -0.4 is 15.8 Å². The maximum Gasteiger partial charge on any atom is 0.344 e. The summed E-state index contributed by atoms with van der Waals surface area (Å²) >= 11 is 0. The molecule has 0 spiro atoms. The fraction of sp³-hybridized carbons (Fsp3) is 0.286. The van der Waals surface area contributed by atoms with Crippen LogP contribution in [0, 0.1) is 0 Å². The molecule has 7 nitrogen and oxygen atoms in total. The van der Waals surface area contributed by atoms with Gasteiger partial charge in [0, 0.05) is 0 Å². The Balaban J connectivity index is 1.77. The lowest BCUT2D eigenvalue weighted by molar-refractivity contribution is -0.150. The van der Waals surface area contributed by atoms with Crippen LogP contribution >= 0.6 is 0 Å². The lowest BCUT2D eigenvalue weighted by atomic mass is 10.1. The van der Waals surface area contributed by atoms with Crippen LogP contribution in [0.25, 0.3) is 0 Å². The molecule has 2 aromatic rings. The van der Waals surface area contributed by atoms with E-state index in [0.717, 1.165) is 12.0 Å². The zero-order valence-corrected chi connectivity index (χ0v) is 15.9. The Morgan fingerprint density at radius 3 is 2.36 bits per heavy atom. The maximum atomic E-state index is 12.0. The van der Waals surface area contributed by atoms with Gasteiger partial charge in [-0.3, -0.25) is 9.59 Å². The third-order valence-corrected chi connectivity index (χ3v) is 4.13. The van der Waals surface area contributed by atoms with Gasteiger partial charge in [0.05, 0.1) is 11.6 Å². The van der Waals surface area contributed by atoms with Gasteiger partial charge in [0.15, 0.2) is 13.2 Å². The second kappa shape index (κ2) is 10.1. The number of ether oxygens (including phenoxy) is 2. The Morgan fingerprint density at radius 2 is 1.71 bits per heavy atom. The summed E-state index contributed by atoms with van der Waals surface area (Å²) in [5.41, 5.74) is 7.58. The van der Waals surface area contributed by atoms with Crippen molar-refractivity contribution in [2.45, 2.75) is 26.3 Å². The van der Waals surface area contributed by atoms with Crippen LogP contribution in [0.4, 0.5) is 0 Å². The number of hydrogen-bond donors (Lipinski definition) is 2. The number of hydrogen-bond acceptors (Lipinski definition) is 5. The van der Waals surface area contributed by atoms with Gasteiger partial charge >= 0.3 is 5.97 Å². The van der Waals surface area contributed by atoms with Crippen molar-refractivity contribution in [3.63, 3.8) is 0 Å². The van der Waals surface area contributed by atoms with Crippen LogP contribution in [0.5, 0.6) is 5.75 Å². The summed E-state index contributed by atoms with van der Waals surface area (Å²) in [5, 5.41) is 2.77. The molecule has 0 aliphatic heterocycles. The fourth-order valence-corrected chi connectivity index (χ4v) is 2.53. The average Bonchev–Trinajstić information content (AvgIpc) is 2.70. The van der Waals surface area contributed by atoms with E-state index in [-0.39, 0.29) is 17.4 Å². The third kappa shape index (κ3) is 6.12. The van der Waals surface area contributed by atoms with E-state index in [9.17, 15) is 14.4 Å². The van der Waals surface area contributed by atoms with Gasteiger partial charge in [-0.1, -0.05) is 43.3 Å². The van der Waals surface area contributed by atoms with E-state index >= 15 is 0 Å². The SMILES string of the molecule is CCc1ccc([C@@H](C)NC(=O)COC(=O)COc2ccccc2C(N)=O)cc1. The van der Waals surface area contributed by atoms with Crippen molar-refractivity contribution >= 4 is 17.8 Å². The first-order valence-corrected chi connectivity index (χ1v) is 8.96. The van der Waals surface area contributed by atoms with Gasteiger partial charge in [0.25, 0.3) is 11.8 Å². The number of carbonyl (C=O) groups excluding carboxylic acids is 3. The lowest BCUT2D eigenvalue weighted by Gasteiger charge is -2.15. The molecule has 3 N–H and O–H groups in total. The van der Waals surface area contributed by atoms with Gasteiger partial charge in [-0.05, 0) is 36.6 Å². The molecular formula is C21H24N2O5. The molecule has 2 aromatic carbocycles. The average molecular weight is 384 g/mol. The monoisotopic (exact) mass is 384 g/mol. The third-order valence-electron chi connectivity index (χ3n) is 4.13. The summed E-state index contributed by atoms with van der Waals surface area (Å²) in [6.45, 7) is 3.07. The molecule has 0 bridgehead atoms. The quantitative estimate of drug-likeness (QED) is 0.644. The number of amides is 2. The number of aryl methyl sites for hydroxylation is 1. The van der Waals surface area contributed by atoms with Gasteiger partial charge in [-0.15, -0.1) is 0 Å². The highest BCUT2D eigenvalue weighted by atomic mass is 16.6. The molecule has 0 aliphatic carbocycles.